The van der Waals surface area contributed by atoms with E-state index in [2.05, 4.69) is 59.6 Å². The highest BCUT2D eigenvalue weighted by atomic mass is 16.5. The molecule has 0 aromatic heterocycles. The highest BCUT2D eigenvalue weighted by Gasteiger charge is 2.31. The number of nitrogens with one attached hydrogen (secondary N) is 1. The molecule has 4 rings (SSSR count). The SMILES string of the molecule is CCNC(=NCC1CCOC1c1ccccc1)N1CCC(c2cc(OC)cc(OC)c2)C1. The molecule has 0 bridgehead atoms. The molecule has 0 radical (unpaired) electrons. The highest BCUT2D eigenvalue weighted by Crippen LogP contribution is 2.35. The zero-order valence-electron chi connectivity index (χ0n) is 19.4. The molecule has 2 aromatic carbocycles. The van der Waals surface area contributed by atoms with Crippen LogP contribution in [0.4, 0.5) is 0 Å². The van der Waals surface area contributed by atoms with Crippen molar-refractivity contribution < 1.29 is 14.2 Å². The second kappa shape index (κ2) is 10.7. The molecular formula is C26H35N3O3. The predicted octanol–water partition coefficient (Wildman–Crippen LogP) is 4.24. The largest absolute Gasteiger partial charge is 0.497 e. The van der Waals surface area contributed by atoms with Crippen LogP contribution in [0, 0.1) is 5.92 Å². The molecule has 3 unspecified atom stereocenters. The van der Waals surface area contributed by atoms with Crippen LogP contribution in [0.5, 0.6) is 11.5 Å². The van der Waals surface area contributed by atoms with E-state index in [9.17, 15) is 0 Å². The molecule has 0 aliphatic carbocycles. The van der Waals surface area contributed by atoms with E-state index in [1.165, 1.54) is 11.1 Å². The molecule has 2 aromatic rings. The van der Waals surface area contributed by atoms with E-state index in [0.717, 1.165) is 63.1 Å². The van der Waals surface area contributed by atoms with Gasteiger partial charge in [-0.3, -0.25) is 4.99 Å². The van der Waals surface area contributed by atoms with E-state index in [1.807, 2.05) is 6.07 Å². The molecule has 0 saturated carbocycles. The summed E-state index contributed by atoms with van der Waals surface area (Å²) in [6.45, 7) is 6.48. The summed E-state index contributed by atoms with van der Waals surface area (Å²) < 4.78 is 17.0. The van der Waals surface area contributed by atoms with Crippen LogP contribution in [0.3, 0.4) is 0 Å². The van der Waals surface area contributed by atoms with Gasteiger partial charge in [-0.2, -0.15) is 0 Å². The topological polar surface area (TPSA) is 55.3 Å². The molecule has 3 atom stereocenters. The third-order valence-electron chi connectivity index (χ3n) is 6.49. The molecule has 2 fully saturated rings. The lowest BCUT2D eigenvalue weighted by Crippen LogP contribution is -2.40. The first-order valence-electron chi connectivity index (χ1n) is 11.6. The van der Waals surface area contributed by atoms with Gasteiger partial charge in [-0.05, 0) is 43.0 Å². The first-order valence-corrected chi connectivity index (χ1v) is 11.6. The maximum Gasteiger partial charge on any atom is 0.193 e. The Kier molecular flexibility index (Phi) is 7.53. The quantitative estimate of drug-likeness (QED) is 0.519. The number of nitrogens with zero attached hydrogens (tertiary/aromatic N) is 2. The number of benzene rings is 2. The summed E-state index contributed by atoms with van der Waals surface area (Å²) >= 11 is 0. The fraction of sp³-hybridized carbons (Fsp3) is 0.500. The van der Waals surface area contributed by atoms with Gasteiger partial charge in [-0.1, -0.05) is 30.3 Å². The number of hydrogen-bond donors (Lipinski definition) is 1. The Bertz CT molecular complexity index is 880. The van der Waals surface area contributed by atoms with Gasteiger partial charge in [-0.15, -0.1) is 0 Å². The van der Waals surface area contributed by atoms with Crippen molar-refractivity contribution in [3.63, 3.8) is 0 Å². The van der Waals surface area contributed by atoms with Crippen LogP contribution in [-0.4, -0.2) is 57.9 Å². The van der Waals surface area contributed by atoms with Crippen molar-refractivity contribution >= 4 is 5.96 Å². The van der Waals surface area contributed by atoms with Gasteiger partial charge in [0.15, 0.2) is 5.96 Å². The average molecular weight is 438 g/mol. The Morgan fingerprint density at radius 1 is 1.06 bits per heavy atom. The van der Waals surface area contributed by atoms with E-state index in [-0.39, 0.29) is 6.10 Å². The molecule has 1 N–H and O–H groups in total. The normalized spacial score (nSPS) is 23.4. The van der Waals surface area contributed by atoms with Crippen molar-refractivity contribution in [3.8, 4) is 11.5 Å². The summed E-state index contributed by atoms with van der Waals surface area (Å²) in [5.41, 5.74) is 2.51. The van der Waals surface area contributed by atoms with E-state index in [4.69, 9.17) is 19.2 Å². The van der Waals surface area contributed by atoms with Crippen molar-refractivity contribution in [3.05, 3.63) is 59.7 Å². The average Bonchev–Trinajstić information content (AvgIpc) is 3.52. The number of guanidine groups is 1. The monoisotopic (exact) mass is 437 g/mol. The number of aliphatic imine (C=N–C) groups is 1. The van der Waals surface area contributed by atoms with Crippen LogP contribution in [0.1, 0.15) is 42.9 Å². The van der Waals surface area contributed by atoms with E-state index in [0.29, 0.717) is 11.8 Å². The van der Waals surface area contributed by atoms with Gasteiger partial charge in [0.1, 0.15) is 11.5 Å². The van der Waals surface area contributed by atoms with Crippen LogP contribution in [-0.2, 0) is 4.74 Å². The van der Waals surface area contributed by atoms with E-state index >= 15 is 0 Å². The maximum absolute atomic E-state index is 6.06. The highest BCUT2D eigenvalue weighted by molar-refractivity contribution is 5.80. The van der Waals surface area contributed by atoms with Gasteiger partial charge >= 0.3 is 0 Å². The number of likely N-dealkylation sites (tertiary alicyclic amines) is 1. The number of rotatable bonds is 7. The Hall–Kier alpha value is -2.73. The summed E-state index contributed by atoms with van der Waals surface area (Å²) in [6.07, 6.45) is 2.27. The van der Waals surface area contributed by atoms with Crippen LogP contribution < -0.4 is 14.8 Å². The number of methoxy groups -OCH3 is 2. The van der Waals surface area contributed by atoms with Gasteiger partial charge in [-0.25, -0.2) is 0 Å². The first kappa shape index (κ1) is 22.5. The lowest BCUT2D eigenvalue weighted by Gasteiger charge is -2.23. The molecule has 2 heterocycles. The Balaban J connectivity index is 1.45. The van der Waals surface area contributed by atoms with E-state index < -0.39 is 0 Å². The molecule has 2 aliphatic rings. The van der Waals surface area contributed by atoms with Crippen molar-refractivity contribution in [1.82, 2.24) is 10.2 Å². The minimum atomic E-state index is 0.137. The van der Waals surface area contributed by atoms with Crippen LogP contribution in [0.2, 0.25) is 0 Å². The third-order valence-corrected chi connectivity index (χ3v) is 6.49. The van der Waals surface area contributed by atoms with Gasteiger partial charge in [0.2, 0.25) is 0 Å². The first-order chi connectivity index (χ1) is 15.7. The van der Waals surface area contributed by atoms with Gasteiger partial charge < -0.3 is 24.4 Å². The molecule has 2 saturated heterocycles. The van der Waals surface area contributed by atoms with Crippen LogP contribution in [0.25, 0.3) is 0 Å². The Morgan fingerprint density at radius 3 is 2.50 bits per heavy atom. The second-order valence-electron chi connectivity index (χ2n) is 8.52. The maximum atomic E-state index is 6.06. The molecule has 6 nitrogen and oxygen atoms in total. The fourth-order valence-electron chi connectivity index (χ4n) is 4.75. The summed E-state index contributed by atoms with van der Waals surface area (Å²) in [6, 6.07) is 16.7. The van der Waals surface area contributed by atoms with E-state index in [1.54, 1.807) is 14.2 Å². The minimum absolute atomic E-state index is 0.137. The third kappa shape index (κ3) is 5.18. The summed E-state index contributed by atoms with van der Waals surface area (Å²) in [7, 11) is 3.40. The molecular weight excluding hydrogens is 402 g/mol. The Labute approximate surface area is 191 Å². The second-order valence-corrected chi connectivity index (χ2v) is 8.52. The fourth-order valence-corrected chi connectivity index (χ4v) is 4.75. The molecule has 172 valence electrons. The lowest BCUT2D eigenvalue weighted by atomic mass is 9.95. The van der Waals surface area contributed by atoms with Crippen LogP contribution in [0.15, 0.2) is 53.5 Å². The molecule has 0 spiro atoms. The van der Waals surface area contributed by atoms with Crippen molar-refractivity contribution in [2.24, 2.45) is 10.9 Å². The predicted molar refractivity (Wildman–Crippen MR) is 128 cm³/mol. The van der Waals surface area contributed by atoms with Crippen molar-refractivity contribution in [2.75, 3.05) is 47.0 Å². The standard InChI is InChI=1S/C26H35N3O3/c1-4-27-26(28-17-20-11-13-32-25(20)19-8-6-5-7-9-19)29-12-10-21(18-29)22-14-23(30-2)16-24(15-22)31-3/h5-9,14-16,20-21,25H,4,10-13,17-18H2,1-3H3,(H,27,28). The smallest absolute Gasteiger partial charge is 0.193 e. The Morgan fingerprint density at radius 2 is 1.81 bits per heavy atom. The van der Waals surface area contributed by atoms with Crippen LogP contribution >= 0.6 is 0 Å². The zero-order chi connectivity index (χ0) is 22.3. The molecule has 2 aliphatic heterocycles. The molecule has 6 heteroatoms. The zero-order valence-corrected chi connectivity index (χ0v) is 19.4. The number of hydrogen-bond acceptors (Lipinski definition) is 4. The summed E-state index contributed by atoms with van der Waals surface area (Å²) in [5.74, 6) is 3.52. The van der Waals surface area contributed by atoms with Crippen molar-refractivity contribution in [1.29, 1.82) is 0 Å². The van der Waals surface area contributed by atoms with Gasteiger partial charge in [0.25, 0.3) is 0 Å². The van der Waals surface area contributed by atoms with Crippen molar-refractivity contribution in [2.45, 2.75) is 31.8 Å². The molecule has 32 heavy (non-hydrogen) atoms. The minimum Gasteiger partial charge on any atom is -0.497 e. The summed E-state index contributed by atoms with van der Waals surface area (Å²) in [4.78, 5) is 7.43. The number of ether oxygens (including phenoxy) is 3. The molecule has 0 amide bonds. The summed E-state index contributed by atoms with van der Waals surface area (Å²) in [5, 5.41) is 3.51. The lowest BCUT2D eigenvalue weighted by molar-refractivity contribution is 0.0925. The van der Waals surface area contributed by atoms with Gasteiger partial charge in [0.05, 0.1) is 20.3 Å². The van der Waals surface area contributed by atoms with Gasteiger partial charge in [0, 0.05) is 50.7 Å².